The first-order valence-electron chi connectivity index (χ1n) is 17.5. The Bertz CT molecular complexity index is 1980. The van der Waals surface area contributed by atoms with E-state index in [-0.39, 0.29) is 54.6 Å². The van der Waals surface area contributed by atoms with E-state index in [9.17, 15) is 4.79 Å². The molecule has 0 N–H and O–H groups in total. The topological polar surface area (TPSA) is 80.3 Å². The fraction of sp³-hybridized carbons (Fsp3) is 0.174. The van der Waals surface area contributed by atoms with E-state index in [1.54, 1.807) is 39.0 Å². The standard InChI is InChI=1S/C46H42O7/c1-46(2,3)53-45(48)37-27-40(51-31-35-21-12-6-13-22-35)43(41(28-37)52-32-36-23-14-7-15-24-36)44(47)42-38(49-29-33-17-8-4-9-18-33)25-16-26-39(42)50-30-34-19-10-5-11-20-34/h4-28H,29-32H2,1-3H3. The van der Waals surface area contributed by atoms with Gasteiger partial charge in [0.15, 0.2) is 0 Å². The Hall–Kier alpha value is -6.34. The molecule has 0 atom stereocenters. The fourth-order valence-corrected chi connectivity index (χ4v) is 5.54. The van der Waals surface area contributed by atoms with E-state index in [1.165, 1.54) is 12.1 Å². The van der Waals surface area contributed by atoms with Crippen molar-refractivity contribution in [3.63, 3.8) is 0 Å². The second kappa shape index (κ2) is 17.2. The fourth-order valence-electron chi connectivity index (χ4n) is 5.54. The van der Waals surface area contributed by atoms with Gasteiger partial charge in [0, 0.05) is 0 Å². The van der Waals surface area contributed by atoms with Crippen molar-refractivity contribution >= 4 is 11.8 Å². The normalized spacial score (nSPS) is 11.0. The Morgan fingerprint density at radius 3 is 1.09 bits per heavy atom. The summed E-state index contributed by atoms with van der Waals surface area (Å²) in [6.07, 6.45) is 0. The molecule has 7 heteroatoms. The third-order valence-electron chi connectivity index (χ3n) is 8.09. The molecule has 7 nitrogen and oxygen atoms in total. The van der Waals surface area contributed by atoms with E-state index in [2.05, 4.69) is 0 Å². The molecule has 6 aromatic rings. The van der Waals surface area contributed by atoms with Gasteiger partial charge in [0.2, 0.25) is 5.78 Å². The van der Waals surface area contributed by atoms with Gasteiger partial charge in [-0.1, -0.05) is 127 Å². The van der Waals surface area contributed by atoms with Gasteiger partial charge in [0.05, 0.1) is 5.56 Å². The van der Waals surface area contributed by atoms with Gasteiger partial charge in [-0.25, -0.2) is 4.79 Å². The molecule has 0 aliphatic carbocycles. The largest absolute Gasteiger partial charge is 0.488 e. The Kier molecular flexibility index (Phi) is 11.9. The summed E-state index contributed by atoms with van der Waals surface area (Å²) < 4.78 is 31.3. The summed E-state index contributed by atoms with van der Waals surface area (Å²) in [5.74, 6) is -0.0933. The first-order valence-corrected chi connectivity index (χ1v) is 17.5. The molecule has 0 unspecified atom stereocenters. The zero-order valence-electron chi connectivity index (χ0n) is 30.1. The SMILES string of the molecule is CC(C)(C)OC(=O)c1cc(OCc2ccccc2)c(C(=O)c2c(OCc3ccccc3)cccc2OCc2ccccc2)c(OCc2ccccc2)c1. The molecule has 0 heterocycles. The monoisotopic (exact) mass is 706 g/mol. The Balaban J connectivity index is 1.48. The van der Waals surface area contributed by atoms with Gasteiger partial charge in [-0.15, -0.1) is 0 Å². The number of ketones is 1. The number of rotatable bonds is 15. The van der Waals surface area contributed by atoms with Crippen LogP contribution in [0.2, 0.25) is 0 Å². The zero-order valence-corrected chi connectivity index (χ0v) is 30.1. The first kappa shape index (κ1) is 36.5. The molecule has 0 amide bonds. The van der Waals surface area contributed by atoms with E-state index in [0.717, 1.165) is 22.3 Å². The summed E-state index contributed by atoms with van der Waals surface area (Å²) in [6, 6.07) is 47.0. The van der Waals surface area contributed by atoms with Gasteiger partial charge in [0.25, 0.3) is 0 Å². The second-order valence-corrected chi connectivity index (χ2v) is 13.4. The summed E-state index contributed by atoms with van der Waals surface area (Å²) in [5.41, 5.74) is 3.34. The number of hydrogen-bond acceptors (Lipinski definition) is 7. The van der Waals surface area contributed by atoms with Crippen LogP contribution in [-0.4, -0.2) is 17.4 Å². The summed E-state index contributed by atoms with van der Waals surface area (Å²) in [6.45, 7) is 6.08. The number of benzene rings is 6. The van der Waals surface area contributed by atoms with Crippen LogP contribution in [-0.2, 0) is 31.2 Å². The lowest BCUT2D eigenvalue weighted by atomic mass is 9.97. The van der Waals surface area contributed by atoms with Crippen molar-refractivity contribution in [3.8, 4) is 23.0 Å². The molecule has 6 aromatic carbocycles. The van der Waals surface area contributed by atoms with Gasteiger partial charge >= 0.3 is 5.97 Å². The van der Waals surface area contributed by atoms with Crippen LogP contribution < -0.4 is 18.9 Å². The number of esters is 1. The average molecular weight is 707 g/mol. The van der Waals surface area contributed by atoms with Crippen LogP contribution in [0.25, 0.3) is 0 Å². The Morgan fingerprint density at radius 2 is 0.755 bits per heavy atom. The van der Waals surface area contributed by atoms with E-state index in [0.29, 0.717) is 11.5 Å². The lowest BCUT2D eigenvalue weighted by Gasteiger charge is -2.22. The molecule has 268 valence electrons. The average Bonchev–Trinajstić information content (AvgIpc) is 3.18. The maximum absolute atomic E-state index is 15.2. The summed E-state index contributed by atoms with van der Waals surface area (Å²) in [4.78, 5) is 28.8. The van der Waals surface area contributed by atoms with E-state index in [4.69, 9.17) is 23.7 Å². The minimum Gasteiger partial charge on any atom is -0.488 e. The van der Waals surface area contributed by atoms with Gasteiger partial charge in [-0.2, -0.15) is 0 Å². The third-order valence-corrected chi connectivity index (χ3v) is 8.09. The minimum atomic E-state index is -0.762. The van der Waals surface area contributed by atoms with E-state index >= 15 is 4.79 Å². The molecular formula is C46H42O7. The quantitative estimate of drug-likeness (QED) is 0.0777. The lowest BCUT2D eigenvalue weighted by Crippen LogP contribution is -2.24. The molecule has 0 aromatic heterocycles. The molecular weight excluding hydrogens is 664 g/mol. The predicted octanol–water partition coefficient (Wildman–Crippen LogP) is 10.2. The maximum Gasteiger partial charge on any atom is 0.338 e. The van der Waals surface area contributed by atoms with Crippen molar-refractivity contribution in [2.24, 2.45) is 0 Å². The highest BCUT2D eigenvalue weighted by atomic mass is 16.6. The zero-order chi connectivity index (χ0) is 37.0. The van der Waals surface area contributed by atoms with Crippen LogP contribution in [0.4, 0.5) is 0 Å². The van der Waals surface area contributed by atoms with E-state index < -0.39 is 17.4 Å². The summed E-state index contributed by atoms with van der Waals surface area (Å²) in [7, 11) is 0. The molecule has 0 spiro atoms. The van der Waals surface area contributed by atoms with Crippen molar-refractivity contribution in [1.29, 1.82) is 0 Å². The summed E-state index contributed by atoms with van der Waals surface area (Å²) in [5, 5.41) is 0. The highest BCUT2D eigenvalue weighted by molar-refractivity contribution is 6.16. The molecule has 0 saturated heterocycles. The van der Waals surface area contributed by atoms with Crippen LogP contribution in [0.1, 0.15) is 69.3 Å². The van der Waals surface area contributed by atoms with E-state index in [1.807, 2.05) is 121 Å². The van der Waals surface area contributed by atoms with Crippen LogP contribution in [0.3, 0.4) is 0 Å². The maximum atomic E-state index is 15.2. The molecule has 0 radical (unpaired) electrons. The minimum absolute atomic E-state index is 0.115. The number of hydrogen-bond donors (Lipinski definition) is 0. The number of carbonyl (C=O) groups excluding carboxylic acids is 2. The third kappa shape index (κ3) is 10.1. The van der Waals surface area contributed by atoms with Crippen molar-refractivity contribution in [2.75, 3.05) is 0 Å². The Labute approximate surface area is 310 Å². The van der Waals surface area contributed by atoms with Crippen molar-refractivity contribution in [3.05, 3.63) is 191 Å². The van der Waals surface area contributed by atoms with Gasteiger partial charge in [-0.05, 0) is 67.3 Å². The predicted molar refractivity (Wildman–Crippen MR) is 205 cm³/mol. The smallest absolute Gasteiger partial charge is 0.338 e. The van der Waals surface area contributed by atoms with Crippen molar-refractivity contribution < 1.29 is 33.3 Å². The van der Waals surface area contributed by atoms with Crippen molar-refractivity contribution in [2.45, 2.75) is 52.8 Å². The molecule has 0 saturated carbocycles. The molecule has 0 aliphatic rings. The first-order chi connectivity index (χ1) is 25.7. The number of carbonyl (C=O) groups is 2. The Morgan fingerprint density at radius 1 is 0.434 bits per heavy atom. The highest BCUT2D eigenvalue weighted by Crippen LogP contribution is 2.40. The van der Waals surface area contributed by atoms with Crippen LogP contribution >= 0.6 is 0 Å². The lowest BCUT2D eigenvalue weighted by molar-refractivity contribution is 0.00682. The summed E-state index contributed by atoms with van der Waals surface area (Å²) >= 11 is 0. The van der Waals surface area contributed by atoms with Crippen LogP contribution in [0, 0.1) is 0 Å². The molecule has 53 heavy (non-hydrogen) atoms. The van der Waals surface area contributed by atoms with Crippen LogP contribution in [0.5, 0.6) is 23.0 Å². The number of ether oxygens (including phenoxy) is 5. The van der Waals surface area contributed by atoms with Crippen molar-refractivity contribution in [1.82, 2.24) is 0 Å². The molecule has 0 fully saturated rings. The molecule has 0 bridgehead atoms. The molecule has 0 aliphatic heterocycles. The highest BCUT2D eigenvalue weighted by Gasteiger charge is 2.30. The van der Waals surface area contributed by atoms with Gasteiger partial charge < -0.3 is 23.7 Å². The second-order valence-electron chi connectivity index (χ2n) is 13.4. The van der Waals surface area contributed by atoms with Crippen LogP contribution in [0.15, 0.2) is 152 Å². The molecule has 6 rings (SSSR count). The van der Waals surface area contributed by atoms with Gasteiger partial charge in [-0.3, -0.25) is 4.79 Å². The van der Waals surface area contributed by atoms with Gasteiger partial charge in [0.1, 0.15) is 66.2 Å².